The average molecular weight is 241 g/mol. The summed E-state index contributed by atoms with van der Waals surface area (Å²) in [5, 5.41) is 8.07. The third-order valence-corrected chi connectivity index (χ3v) is 2.48. The number of hydrogen-bond donors (Lipinski definition) is 1. The molecule has 0 fully saturated rings. The summed E-state index contributed by atoms with van der Waals surface area (Å²) in [5.74, 6) is -1.09. The number of carbonyl (C=O) groups excluding carboxylic acids is 1. The van der Waals surface area contributed by atoms with Crippen LogP contribution in [0.4, 0.5) is 0 Å². The summed E-state index contributed by atoms with van der Waals surface area (Å²) in [5.41, 5.74) is 1.92. The van der Waals surface area contributed by atoms with Gasteiger partial charge in [0.15, 0.2) is 5.78 Å². The maximum atomic E-state index is 11.7. The molecule has 4 heteroatoms. The normalized spacial score (nSPS) is 12.2. The van der Waals surface area contributed by atoms with Crippen molar-refractivity contribution in [3.05, 3.63) is 34.9 Å². The largest absolute Gasteiger partial charge is 0.481 e. The summed E-state index contributed by atoms with van der Waals surface area (Å²) in [4.78, 5) is 22.3. The molecule has 3 nitrogen and oxygen atoms in total. The number of benzene rings is 1. The molecule has 0 aliphatic heterocycles. The molecule has 0 heterocycles. The Balaban J connectivity index is 3.08. The Morgan fingerprint density at radius 1 is 1.44 bits per heavy atom. The summed E-state index contributed by atoms with van der Waals surface area (Å²) in [7, 11) is 0. The first kappa shape index (κ1) is 12.7. The molecule has 0 aliphatic rings. The Hall–Kier alpha value is -1.35. The van der Waals surface area contributed by atoms with Crippen LogP contribution in [0.25, 0.3) is 0 Å². The molecule has 0 aromatic heterocycles. The Bertz CT molecular complexity index is 424. The van der Waals surface area contributed by atoms with Crippen molar-refractivity contribution in [2.24, 2.45) is 0 Å². The highest BCUT2D eigenvalue weighted by Gasteiger charge is 2.15. The second-order valence-corrected chi connectivity index (χ2v) is 4.35. The van der Waals surface area contributed by atoms with Gasteiger partial charge < -0.3 is 5.11 Å². The first-order chi connectivity index (χ1) is 7.41. The average Bonchev–Trinajstić information content (AvgIpc) is 2.19. The third-order valence-electron chi connectivity index (χ3n) is 2.28. The molecule has 0 aliphatic carbocycles. The zero-order valence-electron chi connectivity index (χ0n) is 9.16. The molecule has 1 rings (SSSR count). The van der Waals surface area contributed by atoms with Gasteiger partial charge in [0.1, 0.15) is 0 Å². The molecule has 0 bridgehead atoms. The number of rotatable bonds is 4. The van der Waals surface area contributed by atoms with E-state index in [1.54, 1.807) is 32.0 Å². The van der Waals surface area contributed by atoms with Gasteiger partial charge in [-0.15, -0.1) is 11.6 Å². The van der Waals surface area contributed by atoms with E-state index in [1.165, 1.54) is 0 Å². The Morgan fingerprint density at radius 2 is 2.06 bits per heavy atom. The van der Waals surface area contributed by atoms with E-state index in [9.17, 15) is 9.59 Å². The summed E-state index contributed by atoms with van der Waals surface area (Å²) in [6.07, 6.45) is -0.0861. The smallest absolute Gasteiger partial charge is 0.307 e. The zero-order valence-corrected chi connectivity index (χ0v) is 9.91. The quantitative estimate of drug-likeness (QED) is 0.650. The minimum atomic E-state index is -0.916. The van der Waals surface area contributed by atoms with Crippen molar-refractivity contribution in [1.82, 2.24) is 0 Å². The van der Waals surface area contributed by atoms with Crippen LogP contribution in [0.1, 0.15) is 28.4 Å². The molecule has 1 N–H and O–H groups in total. The molecule has 0 saturated carbocycles. The Labute approximate surface area is 99.0 Å². The van der Waals surface area contributed by atoms with Crippen molar-refractivity contribution in [3.8, 4) is 0 Å². The van der Waals surface area contributed by atoms with E-state index >= 15 is 0 Å². The second-order valence-electron chi connectivity index (χ2n) is 3.70. The zero-order chi connectivity index (χ0) is 12.3. The monoisotopic (exact) mass is 240 g/mol. The molecule has 0 saturated heterocycles. The fraction of sp³-hybridized carbons (Fsp3) is 0.333. The van der Waals surface area contributed by atoms with Gasteiger partial charge >= 0.3 is 5.97 Å². The van der Waals surface area contributed by atoms with Crippen LogP contribution < -0.4 is 0 Å². The van der Waals surface area contributed by atoms with Crippen LogP contribution in [-0.4, -0.2) is 22.2 Å². The van der Waals surface area contributed by atoms with Crippen LogP contribution >= 0.6 is 11.6 Å². The number of aliphatic carboxylic acids is 1. The molecule has 16 heavy (non-hydrogen) atoms. The minimum absolute atomic E-state index is 0.0861. The Morgan fingerprint density at radius 3 is 2.56 bits per heavy atom. The SMILES string of the molecule is Cc1ccc(CC(=O)O)cc1C(=O)C(C)Cl. The standard InChI is InChI=1S/C12H13ClO3/c1-7-3-4-9(6-11(14)15)5-10(7)12(16)8(2)13/h3-5,8H,6H2,1-2H3,(H,14,15). The van der Waals surface area contributed by atoms with E-state index in [1.807, 2.05) is 0 Å². The number of aryl methyl sites for hydroxylation is 1. The van der Waals surface area contributed by atoms with Gasteiger partial charge in [-0.3, -0.25) is 9.59 Å². The Kier molecular flexibility index (Phi) is 4.07. The topological polar surface area (TPSA) is 54.4 Å². The van der Waals surface area contributed by atoms with E-state index in [0.29, 0.717) is 11.1 Å². The molecule has 1 aromatic carbocycles. The predicted octanol–water partition coefficient (Wildman–Crippen LogP) is 2.43. The third kappa shape index (κ3) is 3.07. The summed E-state index contributed by atoms with van der Waals surface area (Å²) < 4.78 is 0. The van der Waals surface area contributed by atoms with E-state index < -0.39 is 11.3 Å². The van der Waals surface area contributed by atoms with Crippen LogP contribution in [0, 0.1) is 6.92 Å². The van der Waals surface area contributed by atoms with E-state index in [4.69, 9.17) is 16.7 Å². The molecule has 1 atom stereocenters. The van der Waals surface area contributed by atoms with Crippen LogP contribution in [0.2, 0.25) is 0 Å². The lowest BCUT2D eigenvalue weighted by Gasteiger charge is -2.08. The number of Topliss-reactive ketones (excluding diaryl/α,β-unsaturated/α-hetero) is 1. The highest BCUT2D eigenvalue weighted by molar-refractivity contribution is 6.33. The number of ketones is 1. The number of alkyl halides is 1. The number of carboxylic acid groups (broad SMARTS) is 1. The van der Waals surface area contributed by atoms with Gasteiger partial charge in [-0.25, -0.2) is 0 Å². The molecule has 0 spiro atoms. The number of hydrogen-bond acceptors (Lipinski definition) is 2. The van der Waals surface area contributed by atoms with Crippen molar-refractivity contribution in [3.63, 3.8) is 0 Å². The number of carboxylic acids is 1. The highest BCUT2D eigenvalue weighted by Crippen LogP contribution is 2.16. The van der Waals surface area contributed by atoms with Crippen molar-refractivity contribution in [1.29, 1.82) is 0 Å². The summed E-state index contributed by atoms with van der Waals surface area (Å²) in [6, 6.07) is 5.05. The lowest BCUT2D eigenvalue weighted by atomic mass is 9.99. The van der Waals surface area contributed by atoms with Crippen LogP contribution in [-0.2, 0) is 11.2 Å². The lowest BCUT2D eigenvalue weighted by Crippen LogP contribution is -2.13. The maximum Gasteiger partial charge on any atom is 0.307 e. The molecule has 1 aromatic rings. The number of carbonyl (C=O) groups is 2. The summed E-state index contributed by atoms with van der Waals surface area (Å²) >= 11 is 5.73. The number of halogens is 1. The van der Waals surface area contributed by atoms with Gasteiger partial charge in [0.05, 0.1) is 11.8 Å². The van der Waals surface area contributed by atoms with E-state index in [2.05, 4.69) is 0 Å². The second kappa shape index (κ2) is 5.12. The van der Waals surface area contributed by atoms with Crippen LogP contribution in [0.5, 0.6) is 0 Å². The summed E-state index contributed by atoms with van der Waals surface area (Å²) in [6.45, 7) is 3.41. The molecular weight excluding hydrogens is 228 g/mol. The maximum absolute atomic E-state index is 11.7. The van der Waals surface area contributed by atoms with Crippen molar-refractivity contribution in [2.45, 2.75) is 25.6 Å². The van der Waals surface area contributed by atoms with Crippen LogP contribution in [0.15, 0.2) is 18.2 Å². The van der Waals surface area contributed by atoms with Gasteiger partial charge in [0.2, 0.25) is 0 Å². The highest BCUT2D eigenvalue weighted by atomic mass is 35.5. The van der Waals surface area contributed by atoms with Gasteiger partial charge in [-0.1, -0.05) is 12.1 Å². The first-order valence-electron chi connectivity index (χ1n) is 4.91. The minimum Gasteiger partial charge on any atom is -0.481 e. The van der Waals surface area contributed by atoms with Gasteiger partial charge in [-0.2, -0.15) is 0 Å². The predicted molar refractivity (Wildman–Crippen MR) is 62.2 cm³/mol. The van der Waals surface area contributed by atoms with Gasteiger partial charge in [-0.05, 0) is 31.0 Å². The molecule has 1 unspecified atom stereocenters. The van der Waals surface area contributed by atoms with Crippen molar-refractivity contribution >= 4 is 23.4 Å². The molecule has 0 amide bonds. The lowest BCUT2D eigenvalue weighted by molar-refractivity contribution is -0.136. The van der Waals surface area contributed by atoms with Gasteiger partial charge in [0, 0.05) is 5.56 Å². The van der Waals surface area contributed by atoms with Crippen molar-refractivity contribution in [2.75, 3.05) is 0 Å². The first-order valence-corrected chi connectivity index (χ1v) is 5.35. The fourth-order valence-corrected chi connectivity index (χ4v) is 1.55. The van der Waals surface area contributed by atoms with E-state index in [-0.39, 0.29) is 12.2 Å². The van der Waals surface area contributed by atoms with Crippen molar-refractivity contribution < 1.29 is 14.7 Å². The van der Waals surface area contributed by atoms with E-state index in [0.717, 1.165) is 5.56 Å². The van der Waals surface area contributed by atoms with Crippen LogP contribution in [0.3, 0.4) is 0 Å². The van der Waals surface area contributed by atoms with Gasteiger partial charge in [0.25, 0.3) is 0 Å². The molecular formula is C12H13ClO3. The fourth-order valence-electron chi connectivity index (χ4n) is 1.43. The molecule has 0 radical (unpaired) electrons. The molecule has 86 valence electrons.